The Morgan fingerprint density at radius 3 is 2.74 bits per heavy atom. The number of esters is 1. The molecule has 0 unspecified atom stereocenters. The first-order valence-electron chi connectivity index (χ1n) is 5.58. The summed E-state index contributed by atoms with van der Waals surface area (Å²) in [6.07, 6.45) is 3.95. The molecule has 0 aromatic carbocycles. The minimum atomic E-state index is -1.23. The monoisotopic (exact) mass is 267 g/mol. The Kier molecular flexibility index (Phi) is 5.46. The molecular formula is C12H13NO6. The number of nitrogens with one attached hydrogen (secondary N) is 1. The van der Waals surface area contributed by atoms with Crippen LogP contribution in [0.4, 0.5) is 0 Å². The summed E-state index contributed by atoms with van der Waals surface area (Å²) in [6, 6.07) is 0. The number of carboxylic acid groups (broad SMARTS) is 1. The first-order valence-corrected chi connectivity index (χ1v) is 5.58. The van der Waals surface area contributed by atoms with Gasteiger partial charge in [-0.15, -0.1) is 0 Å². The van der Waals surface area contributed by atoms with Crippen LogP contribution in [-0.2, 0) is 23.9 Å². The van der Waals surface area contributed by atoms with E-state index in [1.165, 1.54) is 6.08 Å². The van der Waals surface area contributed by atoms with E-state index in [0.717, 1.165) is 6.08 Å². The average molecular weight is 267 g/mol. The lowest BCUT2D eigenvalue weighted by molar-refractivity contribution is -0.139. The molecule has 19 heavy (non-hydrogen) atoms. The van der Waals surface area contributed by atoms with E-state index in [0.29, 0.717) is 24.5 Å². The van der Waals surface area contributed by atoms with Crippen LogP contribution in [-0.4, -0.2) is 35.5 Å². The summed E-state index contributed by atoms with van der Waals surface area (Å²) < 4.78 is 4.74. The number of carbonyl (C=O) groups is 4. The smallest absolute Gasteiger partial charge is 0.331 e. The number of ether oxygens (including phenoxy) is 1. The highest BCUT2D eigenvalue weighted by Crippen LogP contribution is 2.12. The molecule has 2 amide bonds. The number of imide groups is 1. The quantitative estimate of drug-likeness (QED) is 0.301. The van der Waals surface area contributed by atoms with E-state index in [1.807, 2.05) is 0 Å². The molecule has 0 aromatic heterocycles. The van der Waals surface area contributed by atoms with Crippen LogP contribution < -0.4 is 5.32 Å². The lowest BCUT2D eigenvalue weighted by Gasteiger charge is -2.12. The number of carbonyl (C=O) groups excluding carboxylic acids is 3. The van der Waals surface area contributed by atoms with Crippen molar-refractivity contribution in [2.75, 3.05) is 6.61 Å². The molecule has 7 nitrogen and oxygen atoms in total. The second-order valence-corrected chi connectivity index (χ2v) is 3.83. The van der Waals surface area contributed by atoms with Crippen LogP contribution in [0.3, 0.4) is 0 Å². The Morgan fingerprint density at radius 1 is 1.37 bits per heavy atom. The molecule has 1 rings (SSSR count). The van der Waals surface area contributed by atoms with E-state index < -0.39 is 17.8 Å². The largest absolute Gasteiger partial charge is 0.478 e. The molecule has 1 aliphatic heterocycles. The van der Waals surface area contributed by atoms with Crippen LogP contribution in [0.2, 0.25) is 0 Å². The minimum Gasteiger partial charge on any atom is -0.478 e. The van der Waals surface area contributed by atoms with Crippen molar-refractivity contribution >= 4 is 23.8 Å². The van der Waals surface area contributed by atoms with Gasteiger partial charge in [0.05, 0.1) is 6.61 Å². The zero-order chi connectivity index (χ0) is 14.3. The summed E-state index contributed by atoms with van der Waals surface area (Å²) in [4.78, 5) is 43.2. The van der Waals surface area contributed by atoms with Crippen LogP contribution in [0.15, 0.2) is 23.8 Å². The molecule has 0 atom stereocenters. The Bertz CT molecular complexity index is 463. The maximum absolute atomic E-state index is 11.1. The van der Waals surface area contributed by atoms with E-state index in [-0.39, 0.29) is 18.9 Å². The summed E-state index contributed by atoms with van der Waals surface area (Å²) in [5.74, 6) is -2.75. The Balaban J connectivity index is 2.24. The third-order valence-electron chi connectivity index (χ3n) is 2.23. The van der Waals surface area contributed by atoms with Crippen LogP contribution in [0.1, 0.15) is 19.3 Å². The Hall–Kier alpha value is -2.44. The molecule has 0 bridgehead atoms. The Labute approximate surface area is 108 Å². The third kappa shape index (κ3) is 6.16. The number of carboxylic acids is 1. The molecule has 0 radical (unpaired) electrons. The van der Waals surface area contributed by atoms with Gasteiger partial charge in [-0.2, -0.15) is 0 Å². The minimum absolute atomic E-state index is 0.0932. The molecule has 0 saturated carbocycles. The van der Waals surface area contributed by atoms with Gasteiger partial charge in [-0.05, 0) is 12.8 Å². The number of hydrogen-bond donors (Lipinski definition) is 2. The highest BCUT2D eigenvalue weighted by atomic mass is 16.5. The van der Waals surface area contributed by atoms with Gasteiger partial charge in [0.1, 0.15) is 0 Å². The molecule has 0 aliphatic carbocycles. The lowest BCUT2D eigenvalue weighted by atomic mass is 10.0. The zero-order valence-electron chi connectivity index (χ0n) is 10.0. The van der Waals surface area contributed by atoms with Gasteiger partial charge in [0, 0.05) is 24.6 Å². The molecular weight excluding hydrogens is 254 g/mol. The topological polar surface area (TPSA) is 110 Å². The SMILES string of the molecule is O=C(O)/C=C/C(=O)OCCCC1=CC(=O)NC(=O)C1. The van der Waals surface area contributed by atoms with Gasteiger partial charge in [0.25, 0.3) is 5.91 Å². The molecule has 0 saturated heterocycles. The van der Waals surface area contributed by atoms with Crippen molar-refractivity contribution in [3.05, 3.63) is 23.8 Å². The van der Waals surface area contributed by atoms with Crippen LogP contribution >= 0.6 is 0 Å². The van der Waals surface area contributed by atoms with Crippen molar-refractivity contribution in [3.8, 4) is 0 Å². The molecule has 7 heteroatoms. The van der Waals surface area contributed by atoms with Gasteiger partial charge in [0.15, 0.2) is 0 Å². The molecule has 0 fully saturated rings. The van der Waals surface area contributed by atoms with Gasteiger partial charge in [-0.1, -0.05) is 5.57 Å². The van der Waals surface area contributed by atoms with Gasteiger partial charge in [0.2, 0.25) is 5.91 Å². The number of rotatable bonds is 6. The molecule has 2 N–H and O–H groups in total. The fraction of sp³-hybridized carbons (Fsp3) is 0.333. The van der Waals surface area contributed by atoms with E-state index in [2.05, 4.69) is 5.32 Å². The summed E-state index contributed by atoms with van der Waals surface area (Å²) in [7, 11) is 0. The maximum atomic E-state index is 11.1. The maximum Gasteiger partial charge on any atom is 0.331 e. The van der Waals surface area contributed by atoms with E-state index in [4.69, 9.17) is 9.84 Å². The molecule has 0 spiro atoms. The van der Waals surface area contributed by atoms with Crippen molar-refractivity contribution < 1.29 is 29.0 Å². The predicted molar refractivity (Wildman–Crippen MR) is 62.8 cm³/mol. The number of amides is 2. The fourth-order valence-corrected chi connectivity index (χ4v) is 1.48. The van der Waals surface area contributed by atoms with Gasteiger partial charge < -0.3 is 9.84 Å². The first-order chi connectivity index (χ1) is 8.97. The second-order valence-electron chi connectivity index (χ2n) is 3.83. The lowest BCUT2D eigenvalue weighted by Crippen LogP contribution is -2.32. The summed E-state index contributed by atoms with van der Waals surface area (Å²) in [5.41, 5.74) is 0.686. The van der Waals surface area contributed by atoms with Crippen molar-refractivity contribution in [3.63, 3.8) is 0 Å². The van der Waals surface area contributed by atoms with Gasteiger partial charge in [-0.25, -0.2) is 9.59 Å². The molecule has 1 heterocycles. The number of hydrogen-bond acceptors (Lipinski definition) is 5. The predicted octanol–water partition coefficient (Wildman–Crippen LogP) is -0.0765. The summed E-state index contributed by atoms with van der Waals surface area (Å²) in [5, 5.41) is 10.4. The van der Waals surface area contributed by atoms with E-state index >= 15 is 0 Å². The van der Waals surface area contributed by atoms with E-state index in [9.17, 15) is 19.2 Å². The van der Waals surface area contributed by atoms with E-state index in [1.54, 1.807) is 0 Å². The molecule has 102 valence electrons. The normalized spacial score (nSPS) is 15.1. The highest BCUT2D eigenvalue weighted by molar-refractivity contribution is 6.05. The van der Waals surface area contributed by atoms with Crippen molar-refractivity contribution in [1.29, 1.82) is 0 Å². The Morgan fingerprint density at radius 2 is 2.11 bits per heavy atom. The average Bonchev–Trinajstić information content (AvgIpc) is 2.31. The van der Waals surface area contributed by atoms with Crippen molar-refractivity contribution in [1.82, 2.24) is 5.32 Å². The highest BCUT2D eigenvalue weighted by Gasteiger charge is 2.15. The third-order valence-corrected chi connectivity index (χ3v) is 2.23. The summed E-state index contributed by atoms with van der Waals surface area (Å²) in [6.45, 7) is 0.0932. The zero-order valence-corrected chi connectivity index (χ0v) is 10.0. The number of aliphatic carboxylic acids is 1. The van der Waals surface area contributed by atoms with Crippen LogP contribution in [0.25, 0.3) is 0 Å². The summed E-state index contributed by atoms with van der Waals surface area (Å²) >= 11 is 0. The molecule has 0 aromatic rings. The van der Waals surface area contributed by atoms with Crippen molar-refractivity contribution in [2.24, 2.45) is 0 Å². The van der Waals surface area contributed by atoms with Crippen LogP contribution in [0.5, 0.6) is 0 Å². The molecule has 1 aliphatic rings. The van der Waals surface area contributed by atoms with Crippen LogP contribution in [0, 0.1) is 0 Å². The first kappa shape index (κ1) is 14.6. The van der Waals surface area contributed by atoms with Gasteiger partial charge in [-0.3, -0.25) is 14.9 Å². The van der Waals surface area contributed by atoms with Gasteiger partial charge >= 0.3 is 11.9 Å². The second kappa shape index (κ2) is 7.10. The standard InChI is InChI=1S/C12H13NO6/c14-9-6-8(7-10(15)13-9)2-1-5-19-12(18)4-3-11(16)17/h3-4,6H,1-2,5,7H2,(H,16,17)(H,13,14,15)/b4-3+. The van der Waals surface area contributed by atoms with Crippen molar-refractivity contribution in [2.45, 2.75) is 19.3 Å². The fourth-order valence-electron chi connectivity index (χ4n) is 1.48.